The summed E-state index contributed by atoms with van der Waals surface area (Å²) in [4.78, 5) is 39.3. The Labute approximate surface area is 200 Å². The van der Waals surface area contributed by atoms with E-state index in [0.717, 1.165) is 16.7 Å². The van der Waals surface area contributed by atoms with E-state index in [9.17, 15) is 19.5 Å². The summed E-state index contributed by atoms with van der Waals surface area (Å²) in [7, 11) is 0. The summed E-state index contributed by atoms with van der Waals surface area (Å²) in [6, 6.07) is 9.60. The number of hydrogen-bond donors (Lipinski definition) is 2. The summed E-state index contributed by atoms with van der Waals surface area (Å²) in [5, 5.41) is 14.4. The van der Waals surface area contributed by atoms with E-state index in [0.29, 0.717) is 18.4 Å². The van der Waals surface area contributed by atoms with E-state index in [1.165, 1.54) is 0 Å². The molecule has 0 unspecified atom stereocenters. The lowest BCUT2D eigenvalue weighted by Gasteiger charge is -2.46. The van der Waals surface area contributed by atoms with Gasteiger partial charge in [-0.15, -0.1) is 0 Å². The van der Waals surface area contributed by atoms with E-state index in [-0.39, 0.29) is 30.1 Å². The SMILES string of the molecule is CC1=CCC(=O)O[C@@]23C(=O)N[C@@H](Cc4ccccc4)[C@@H]2C(C)=C(C)[C@@H](O)[C@@H]3/C=C/C[C@H](C)C1=O. The van der Waals surface area contributed by atoms with Crippen molar-refractivity contribution in [3.05, 3.63) is 70.8 Å². The van der Waals surface area contributed by atoms with Gasteiger partial charge in [-0.3, -0.25) is 14.4 Å². The van der Waals surface area contributed by atoms with Gasteiger partial charge in [0, 0.05) is 12.0 Å². The van der Waals surface area contributed by atoms with Gasteiger partial charge < -0.3 is 15.2 Å². The number of ether oxygens (including phenoxy) is 1. The monoisotopic (exact) mass is 463 g/mol. The van der Waals surface area contributed by atoms with Crippen molar-refractivity contribution >= 4 is 17.7 Å². The Morgan fingerprint density at radius 2 is 1.79 bits per heavy atom. The van der Waals surface area contributed by atoms with Crippen molar-refractivity contribution in [1.82, 2.24) is 5.32 Å². The minimum atomic E-state index is -1.55. The Morgan fingerprint density at radius 1 is 1.09 bits per heavy atom. The topological polar surface area (TPSA) is 92.7 Å². The molecule has 0 radical (unpaired) electrons. The molecule has 6 heteroatoms. The Bertz CT molecular complexity index is 1090. The van der Waals surface area contributed by atoms with Crippen LogP contribution in [0.2, 0.25) is 0 Å². The van der Waals surface area contributed by atoms with Gasteiger partial charge in [-0.1, -0.05) is 61.1 Å². The van der Waals surface area contributed by atoms with Crippen molar-refractivity contribution in [2.45, 2.75) is 64.7 Å². The van der Waals surface area contributed by atoms with Gasteiger partial charge in [0.2, 0.25) is 5.60 Å². The van der Waals surface area contributed by atoms with E-state index >= 15 is 0 Å². The molecule has 3 aliphatic rings. The standard InChI is InChI=1S/C28H33NO5/c1-16-9-8-12-21-26(32)19(4)18(3)24-22(15-20-10-6-5-7-11-20)29-27(33)28(21,24)34-23(30)14-13-17(2)25(16)31/h5-8,10-13,16,21-22,24,26,32H,9,14-15H2,1-4H3,(H,29,33)/b12-8+,17-13?/t16-,21-,22-,24-,26+,28+/m0/s1. The van der Waals surface area contributed by atoms with Gasteiger partial charge in [0.1, 0.15) is 0 Å². The summed E-state index contributed by atoms with van der Waals surface area (Å²) in [5.74, 6) is -2.43. The van der Waals surface area contributed by atoms with Crippen molar-refractivity contribution in [1.29, 1.82) is 0 Å². The number of carbonyl (C=O) groups excluding carboxylic acids is 3. The van der Waals surface area contributed by atoms with E-state index in [4.69, 9.17) is 4.74 Å². The molecule has 6 atom stereocenters. The van der Waals surface area contributed by atoms with Crippen molar-refractivity contribution < 1.29 is 24.2 Å². The molecule has 6 nitrogen and oxygen atoms in total. The zero-order valence-electron chi connectivity index (χ0n) is 20.2. The van der Waals surface area contributed by atoms with Gasteiger partial charge in [0.25, 0.3) is 5.91 Å². The second-order valence-corrected chi connectivity index (χ2v) is 9.87. The highest BCUT2D eigenvalue weighted by Crippen LogP contribution is 2.50. The average molecular weight is 464 g/mol. The summed E-state index contributed by atoms with van der Waals surface area (Å²) < 4.78 is 6.07. The molecule has 4 rings (SSSR count). The molecule has 0 saturated carbocycles. The highest BCUT2D eigenvalue weighted by molar-refractivity contribution is 5.97. The molecule has 0 bridgehead atoms. The summed E-state index contributed by atoms with van der Waals surface area (Å²) in [6.07, 6.45) is 5.15. The number of esters is 1. The fraction of sp³-hybridized carbons (Fsp3) is 0.464. The van der Waals surface area contributed by atoms with Crippen molar-refractivity contribution in [2.75, 3.05) is 0 Å². The Balaban J connectivity index is 1.82. The highest BCUT2D eigenvalue weighted by atomic mass is 16.6. The van der Waals surface area contributed by atoms with Crippen LogP contribution in [0.25, 0.3) is 0 Å². The number of aliphatic hydroxyl groups is 1. The first kappa shape index (κ1) is 24.1. The lowest BCUT2D eigenvalue weighted by atomic mass is 9.63. The van der Waals surface area contributed by atoms with Crippen LogP contribution in [-0.4, -0.2) is 40.5 Å². The number of Topliss-reactive ketones (excluding diaryl/α,β-unsaturated/α-hetero) is 1. The van der Waals surface area contributed by atoms with E-state index in [1.54, 1.807) is 19.1 Å². The largest absolute Gasteiger partial charge is 0.447 e. The van der Waals surface area contributed by atoms with E-state index in [2.05, 4.69) is 5.32 Å². The van der Waals surface area contributed by atoms with Gasteiger partial charge in [-0.05, 0) is 50.3 Å². The number of allylic oxidation sites excluding steroid dienone is 2. The van der Waals surface area contributed by atoms with Crippen LogP contribution < -0.4 is 5.32 Å². The second-order valence-electron chi connectivity index (χ2n) is 9.87. The zero-order chi connectivity index (χ0) is 24.6. The van der Waals surface area contributed by atoms with Crippen LogP contribution in [0.3, 0.4) is 0 Å². The lowest BCUT2D eigenvalue weighted by Crippen LogP contribution is -2.59. The number of rotatable bonds is 2. The summed E-state index contributed by atoms with van der Waals surface area (Å²) >= 11 is 0. The minimum Gasteiger partial charge on any atom is -0.447 e. The number of nitrogens with one attached hydrogen (secondary N) is 1. The molecule has 34 heavy (non-hydrogen) atoms. The molecule has 2 aliphatic heterocycles. The lowest BCUT2D eigenvalue weighted by molar-refractivity contribution is -0.179. The number of carbonyl (C=O) groups is 3. The van der Waals surface area contributed by atoms with Crippen LogP contribution in [0, 0.1) is 17.8 Å². The van der Waals surface area contributed by atoms with Gasteiger partial charge in [-0.25, -0.2) is 0 Å². The Kier molecular flexibility index (Phi) is 6.63. The maximum Gasteiger partial charge on any atom is 0.310 e. The molecule has 1 amide bonds. The first-order valence-corrected chi connectivity index (χ1v) is 12.0. The molecule has 1 aliphatic carbocycles. The number of aliphatic hydroxyl groups excluding tert-OH is 1. The number of ketones is 1. The van der Waals surface area contributed by atoms with Gasteiger partial charge >= 0.3 is 5.97 Å². The van der Waals surface area contributed by atoms with Crippen LogP contribution in [-0.2, 0) is 25.5 Å². The number of amides is 1. The maximum atomic E-state index is 13.7. The summed E-state index contributed by atoms with van der Waals surface area (Å²) in [5.41, 5.74) is 1.68. The molecule has 1 fully saturated rings. The van der Waals surface area contributed by atoms with Gasteiger partial charge in [0.15, 0.2) is 5.78 Å². The first-order chi connectivity index (χ1) is 16.2. The molecule has 2 heterocycles. The van der Waals surface area contributed by atoms with Crippen LogP contribution in [0.4, 0.5) is 0 Å². The quantitative estimate of drug-likeness (QED) is 0.518. The molecule has 1 spiro atoms. The van der Waals surface area contributed by atoms with Crippen molar-refractivity contribution in [2.24, 2.45) is 17.8 Å². The molecular weight excluding hydrogens is 430 g/mol. The minimum absolute atomic E-state index is 0.0248. The molecule has 180 valence electrons. The number of hydrogen-bond acceptors (Lipinski definition) is 5. The predicted molar refractivity (Wildman–Crippen MR) is 129 cm³/mol. The predicted octanol–water partition coefficient (Wildman–Crippen LogP) is 3.45. The van der Waals surface area contributed by atoms with E-state index < -0.39 is 29.5 Å². The van der Waals surface area contributed by atoms with Crippen molar-refractivity contribution in [3.8, 4) is 0 Å². The van der Waals surface area contributed by atoms with Crippen LogP contribution in [0.5, 0.6) is 0 Å². The van der Waals surface area contributed by atoms with Crippen LogP contribution in [0.1, 0.15) is 46.1 Å². The fourth-order valence-electron chi connectivity index (χ4n) is 5.72. The zero-order valence-corrected chi connectivity index (χ0v) is 20.2. The average Bonchev–Trinajstić information content (AvgIpc) is 3.08. The van der Waals surface area contributed by atoms with Crippen LogP contribution in [0.15, 0.2) is 65.3 Å². The fourth-order valence-corrected chi connectivity index (χ4v) is 5.72. The maximum absolute atomic E-state index is 13.7. The van der Waals surface area contributed by atoms with Gasteiger partial charge in [0.05, 0.1) is 24.4 Å². The smallest absolute Gasteiger partial charge is 0.310 e. The Morgan fingerprint density at radius 3 is 2.50 bits per heavy atom. The van der Waals surface area contributed by atoms with E-state index in [1.807, 2.05) is 57.2 Å². The molecule has 1 saturated heterocycles. The molecule has 1 aromatic rings. The first-order valence-electron chi connectivity index (χ1n) is 12.0. The number of benzene rings is 1. The molecule has 0 aromatic heterocycles. The Hall–Kier alpha value is -2.99. The molecular formula is C28H33NO5. The van der Waals surface area contributed by atoms with Gasteiger partial charge in [-0.2, -0.15) is 0 Å². The normalized spacial score (nSPS) is 35.3. The highest BCUT2D eigenvalue weighted by Gasteiger charge is 2.66. The van der Waals surface area contributed by atoms with Crippen LogP contribution >= 0.6 is 0 Å². The third-order valence-corrected chi connectivity index (χ3v) is 7.73. The third kappa shape index (κ3) is 4.05. The third-order valence-electron chi connectivity index (χ3n) is 7.73. The van der Waals surface area contributed by atoms with Crippen molar-refractivity contribution in [3.63, 3.8) is 0 Å². The second kappa shape index (κ2) is 9.34. The summed E-state index contributed by atoms with van der Waals surface area (Å²) in [6.45, 7) is 7.33. The molecule has 1 aromatic carbocycles. The molecule has 2 N–H and O–H groups in total.